The predicted molar refractivity (Wildman–Crippen MR) is 108 cm³/mol. The van der Waals surface area contributed by atoms with Crippen LogP contribution >= 0.6 is 11.6 Å². The highest BCUT2D eigenvalue weighted by Gasteiger charge is 2.19. The fourth-order valence-electron chi connectivity index (χ4n) is 2.67. The van der Waals surface area contributed by atoms with Gasteiger partial charge in [0.15, 0.2) is 0 Å². The van der Waals surface area contributed by atoms with Gasteiger partial charge in [-0.2, -0.15) is 5.10 Å². The molecule has 0 fully saturated rings. The Bertz CT molecular complexity index is 1040. The summed E-state index contributed by atoms with van der Waals surface area (Å²) < 4.78 is 1.20. The second-order valence-electron chi connectivity index (χ2n) is 6.45. The molecule has 0 aliphatic carbocycles. The SMILES string of the molecule is Cc1ccc(-c2ccc(=O)n([C@H](C)C(=O)Nc3cccc(Cl)c3C)n2)cc1. The van der Waals surface area contributed by atoms with E-state index in [2.05, 4.69) is 10.4 Å². The van der Waals surface area contributed by atoms with E-state index in [1.54, 1.807) is 31.2 Å². The fourth-order valence-corrected chi connectivity index (χ4v) is 2.85. The first-order valence-electron chi connectivity index (χ1n) is 8.59. The van der Waals surface area contributed by atoms with Crippen LogP contribution in [-0.4, -0.2) is 15.7 Å². The zero-order valence-electron chi connectivity index (χ0n) is 15.4. The van der Waals surface area contributed by atoms with Gasteiger partial charge < -0.3 is 5.32 Å². The molecule has 0 saturated carbocycles. The summed E-state index contributed by atoms with van der Waals surface area (Å²) in [7, 11) is 0. The van der Waals surface area contributed by atoms with E-state index in [-0.39, 0.29) is 11.5 Å². The molecule has 138 valence electrons. The molecule has 5 nitrogen and oxygen atoms in total. The quantitative estimate of drug-likeness (QED) is 0.729. The molecule has 3 rings (SSSR count). The lowest BCUT2D eigenvalue weighted by molar-refractivity contribution is -0.119. The Hall–Kier alpha value is -2.92. The van der Waals surface area contributed by atoms with Gasteiger partial charge in [-0.1, -0.05) is 47.5 Å². The minimum absolute atomic E-state index is 0.337. The minimum Gasteiger partial charge on any atom is -0.324 e. The van der Waals surface area contributed by atoms with Gasteiger partial charge in [-0.25, -0.2) is 4.68 Å². The van der Waals surface area contributed by atoms with E-state index in [9.17, 15) is 9.59 Å². The second kappa shape index (κ2) is 7.76. The fraction of sp³-hybridized carbons (Fsp3) is 0.190. The number of carbonyl (C=O) groups excluding carboxylic acids is 1. The summed E-state index contributed by atoms with van der Waals surface area (Å²) in [5, 5.41) is 7.78. The Kier molecular flexibility index (Phi) is 5.42. The number of hydrogen-bond donors (Lipinski definition) is 1. The van der Waals surface area contributed by atoms with Crippen molar-refractivity contribution >= 4 is 23.2 Å². The Labute approximate surface area is 162 Å². The number of aromatic nitrogens is 2. The van der Waals surface area contributed by atoms with E-state index < -0.39 is 6.04 Å². The number of halogens is 1. The molecule has 1 atom stereocenters. The van der Waals surface area contributed by atoms with E-state index in [1.807, 2.05) is 38.1 Å². The van der Waals surface area contributed by atoms with Crippen molar-refractivity contribution < 1.29 is 4.79 Å². The van der Waals surface area contributed by atoms with Gasteiger partial charge in [-0.15, -0.1) is 0 Å². The van der Waals surface area contributed by atoms with Crippen molar-refractivity contribution in [2.45, 2.75) is 26.8 Å². The molecule has 3 aromatic rings. The maximum absolute atomic E-state index is 12.7. The van der Waals surface area contributed by atoms with Gasteiger partial charge in [0, 0.05) is 22.3 Å². The number of hydrogen-bond acceptors (Lipinski definition) is 3. The molecule has 2 aromatic carbocycles. The Morgan fingerprint density at radius 3 is 2.48 bits per heavy atom. The van der Waals surface area contributed by atoms with Crippen LogP contribution in [0.25, 0.3) is 11.3 Å². The van der Waals surface area contributed by atoms with Gasteiger partial charge in [0.2, 0.25) is 5.91 Å². The van der Waals surface area contributed by atoms with Crippen molar-refractivity contribution in [3.63, 3.8) is 0 Å². The third-order valence-electron chi connectivity index (χ3n) is 4.44. The lowest BCUT2D eigenvalue weighted by Gasteiger charge is -2.16. The first-order chi connectivity index (χ1) is 12.9. The molecule has 0 saturated heterocycles. The molecule has 0 radical (unpaired) electrons. The summed E-state index contributed by atoms with van der Waals surface area (Å²) in [6.07, 6.45) is 0. The van der Waals surface area contributed by atoms with Crippen LogP contribution in [0.3, 0.4) is 0 Å². The number of carbonyl (C=O) groups is 1. The molecule has 0 aliphatic rings. The van der Waals surface area contributed by atoms with Gasteiger partial charge in [0.1, 0.15) is 6.04 Å². The topological polar surface area (TPSA) is 64.0 Å². The molecule has 0 aliphatic heterocycles. The average molecular weight is 382 g/mol. The predicted octanol–water partition coefficient (Wildman–Crippen LogP) is 4.38. The molecule has 1 N–H and O–H groups in total. The molecular weight excluding hydrogens is 362 g/mol. The minimum atomic E-state index is -0.777. The van der Waals surface area contributed by atoms with Crippen LogP contribution in [0.4, 0.5) is 5.69 Å². The first kappa shape index (κ1) is 18.9. The zero-order chi connectivity index (χ0) is 19.6. The smallest absolute Gasteiger partial charge is 0.267 e. The Morgan fingerprint density at radius 2 is 1.78 bits per heavy atom. The van der Waals surface area contributed by atoms with E-state index in [0.717, 1.165) is 16.7 Å². The normalized spacial score (nSPS) is 11.9. The lowest BCUT2D eigenvalue weighted by Crippen LogP contribution is -2.33. The second-order valence-corrected chi connectivity index (χ2v) is 6.85. The number of amides is 1. The van der Waals surface area contributed by atoms with Crippen molar-refractivity contribution in [3.05, 3.63) is 81.1 Å². The van der Waals surface area contributed by atoms with Gasteiger partial charge in [-0.05, 0) is 44.5 Å². The Balaban J connectivity index is 1.89. The summed E-state index contributed by atoms with van der Waals surface area (Å²) in [5.74, 6) is -0.337. The summed E-state index contributed by atoms with van der Waals surface area (Å²) in [6.45, 7) is 5.47. The van der Waals surface area contributed by atoms with E-state index in [0.29, 0.717) is 16.4 Å². The van der Waals surface area contributed by atoms with Gasteiger partial charge in [-0.3, -0.25) is 9.59 Å². The van der Waals surface area contributed by atoms with Crippen LogP contribution in [0.5, 0.6) is 0 Å². The van der Waals surface area contributed by atoms with Crippen molar-refractivity contribution in [2.24, 2.45) is 0 Å². The first-order valence-corrected chi connectivity index (χ1v) is 8.97. The van der Waals surface area contributed by atoms with E-state index in [1.165, 1.54) is 10.7 Å². The molecule has 1 amide bonds. The maximum Gasteiger partial charge on any atom is 0.267 e. The van der Waals surface area contributed by atoms with E-state index in [4.69, 9.17) is 11.6 Å². The van der Waals surface area contributed by atoms with E-state index >= 15 is 0 Å². The summed E-state index contributed by atoms with van der Waals surface area (Å²) in [4.78, 5) is 24.9. The van der Waals surface area contributed by atoms with Crippen LogP contribution < -0.4 is 10.9 Å². The Morgan fingerprint density at radius 1 is 1.07 bits per heavy atom. The molecule has 0 bridgehead atoms. The number of benzene rings is 2. The third-order valence-corrected chi connectivity index (χ3v) is 4.85. The standard InChI is InChI=1S/C21H20ClN3O2/c1-13-7-9-16(10-8-13)19-11-12-20(26)25(24-19)15(3)21(27)23-18-6-4-5-17(22)14(18)2/h4-12,15H,1-3H3,(H,23,27)/t15-/m1/s1. The van der Waals surface area contributed by atoms with Crippen molar-refractivity contribution in [1.82, 2.24) is 9.78 Å². The van der Waals surface area contributed by atoms with Crippen molar-refractivity contribution in [1.29, 1.82) is 0 Å². The number of rotatable bonds is 4. The van der Waals surface area contributed by atoms with Crippen LogP contribution in [-0.2, 0) is 4.79 Å². The summed E-state index contributed by atoms with van der Waals surface area (Å²) in [6, 6.07) is 15.4. The maximum atomic E-state index is 12.7. The zero-order valence-corrected chi connectivity index (χ0v) is 16.1. The number of nitrogens with zero attached hydrogens (tertiary/aromatic N) is 2. The molecule has 27 heavy (non-hydrogen) atoms. The van der Waals surface area contributed by atoms with Gasteiger partial charge >= 0.3 is 0 Å². The highest BCUT2D eigenvalue weighted by Crippen LogP contribution is 2.24. The summed E-state index contributed by atoms with van der Waals surface area (Å²) in [5.41, 5.74) is 3.70. The highest BCUT2D eigenvalue weighted by atomic mass is 35.5. The van der Waals surface area contributed by atoms with Crippen LogP contribution in [0.15, 0.2) is 59.4 Å². The summed E-state index contributed by atoms with van der Waals surface area (Å²) >= 11 is 6.10. The van der Waals surface area contributed by atoms with Crippen molar-refractivity contribution in [3.8, 4) is 11.3 Å². The molecule has 1 heterocycles. The van der Waals surface area contributed by atoms with Crippen LogP contribution in [0.2, 0.25) is 5.02 Å². The van der Waals surface area contributed by atoms with Crippen LogP contribution in [0, 0.1) is 13.8 Å². The largest absolute Gasteiger partial charge is 0.324 e. The number of nitrogens with one attached hydrogen (secondary N) is 1. The average Bonchev–Trinajstić information content (AvgIpc) is 2.66. The monoisotopic (exact) mass is 381 g/mol. The van der Waals surface area contributed by atoms with Gasteiger partial charge in [0.05, 0.1) is 5.69 Å². The molecule has 6 heteroatoms. The van der Waals surface area contributed by atoms with Gasteiger partial charge in [0.25, 0.3) is 5.56 Å². The van der Waals surface area contributed by atoms with Crippen LogP contribution in [0.1, 0.15) is 24.1 Å². The van der Waals surface area contributed by atoms with Crippen molar-refractivity contribution in [2.75, 3.05) is 5.32 Å². The third kappa shape index (κ3) is 4.09. The molecule has 0 spiro atoms. The number of anilines is 1. The molecular formula is C21H20ClN3O2. The molecule has 0 unspecified atom stereocenters. The highest BCUT2D eigenvalue weighted by molar-refractivity contribution is 6.31. The lowest BCUT2D eigenvalue weighted by atomic mass is 10.1. The molecule has 1 aromatic heterocycles. The number of aryl methyl sites for hydroxylation is 1.